The van der Waals surface area contributed by atoms with E-state index in [1.165, 1.54) is 29.0 Å². The number of phenols is 1. The number of ether oxygens (including phenoxy) is 1. The van der Waals surface area contributed by atoms with Crippen molar-refractivity contribution in [2.45, 2.75) is 70.6 Å². The fraction of sp³-hybridized carbons (Fsp3) is 0.419. The highest BCUT2D eigenvalue weighted by Crippen LogP contribution is 2.32. The van der Waals surface area contributed by atoms with Crippen molar-refractivity contribution in [2.24, 2.45) is 0 Å². The van der Waals surface area contributed by atoms with Gasteiger partial charge in [-0.3, -0.25) is 14.4 Å². The Morgan fingerprint density at radius 1 is 1.12 bits per heavy atom. The van der Waals surface area contributed by atoms with Gasteiger partial charge in [-0.15, -0.1) is 5.10 Å². The fourth-order valence-electron chi connectivity index (χ4n) is 4.89. The molecule has 43 heavy (non-hydrogen) atoms. The molecule has 3 amide bonds. The number of hydrogen-bond acceptors (Lipinski definition) is 9. The van der Waals surface area contributed by atoms with E-state index < -0.39 is 29.7 Å². The van der Waals surface area contributed by atoms with Gasteiger partial charge in [-0.05, 0) is 58.2 Å². The second kappa shape index (κ2) is 13.3. The molecule has 3 atom stereocenters. The normalized spacial score (nSPS) is 16.3. The largest absolute Gasteiger partial charge is 0.508 e. The third kappa shape index (κ3) is 7.75. The second-order valence-corrected chi connectivity index (χ2v) is 12.3. The molecule has 1 fully saturated rings. The molecule has 0 spiro atoms. The molecule has 0 aliphatic carbocycles. The summed E-state index contributed by atoms with van der Waals surface area (Å²) in [6, 6.07) is 13.8. The van der Waals surface area contributed by atoms with Gasteiger partial charge in [-0.1, -0.05) is 47.0 Å². The lowest BCUT2D eigenvalue weighted by Crippen LogP contribution is -2.47. The first kappa shape index (κ1) is 31.6. The summed E-state index contributed by atoms with van der Waals surface area (Å²) in [5, 5.41) is 17.4. The molecule has 2 N–H and O–H groups in total. The van der Waals surface area contributed by atoms with Crippen LogP contribution in [0.1, 0.15) is 58.4 Å². The average Bonchev–Trinajstić information content (AvgIpc) is 3.65. The number of aromatic nitrogens is 2. The third-order valence-corrected chi connectivity index (χ3v) is 7.98. The summed E-state index contributed by atoms with van der Waals surface area (Å²) in [5.74, 6) is -1.99. The van der Waals surface area contributed by atoms with E-state index in [9.17, 15) is 24.3 Å². The first-order valence-corrected chi connectivity index (χ1v) is 14.9. The minimum absolute atomic E-state index is 0.0186. The standard InChI is InChI=1S/C31H37N5O6S/c1-19(35(5)30(41)42-31(2,3)4)25(38)18-23(20-13-15-22(37)16-14-20)29(40)36-17-9-12-24(36)27(39)32-28-26(33-34-43-28)21-10-7-6-8-11-21/h6-8,10-11,13-16,19,23-24,37H,9,12,17-18H2,1-5H3,(H,32,39)/t19-,23-,24-/m0/s1. The van der Waals surface area contributed by atoms with Crippen LogP contribution < -0.4 is 5.32 Å². The van der Waals surface area contributed by atoms with Crippen LogP contribution in [0.25, 0.3) is 11.3 Å². The maximum Gasteiger partial charge on any atom is 0.410 e. The van der Waals surface area contributed by atoms with Gasteiger partial charge < -0.3 is 25.0 Å². The van der Waals surface area contributed by atoms with Crippen LogP contribution in [0.15, 0.2) is 54.6 Å². The number of anilines is 1. The summed E-state index contributed by atoms with van der Waals surface area (Å²) >= 11 is 1.06. The fourth-order valence-corrected chi connectivity index (χ4v) is 5.49. The number of phenolic OH excluding ortho intramolecular Hbond substituents is 1. The van der Waals surface area contributed by atoms with E-state index in [2.05, 4.69) is 14.9 Å². The van der Waals surface area contributed by atoms with Crippen LogP contribution in [0.4, 0.5) is 9.80 Å². The van der Waals surface area contributed by atoms with Crippen molar-refractivity contribution in [3.8, 4) is 17.0 Å². The number of nitrogens with one attached hydrogen (secondary N) is 1. The van der Waals surface area contributed by atoms with Crippen LogP contribution >= 0.6 is 11.5 Å². The monoisotopic (exact) mass is 607 g/mol. The molecular formula is C31H37N5O6S. The highest BCUT2D eigenvalue weighted by Gasteiger charge is 2.40. The van der Waals surface area contributed by atoms with Gasteiger partial charge in [0.25, 0.3) is 0 Å². The van der Waals surface area contributed by atoms with Gasteiger partial charge in [-0.25, -0.2) is 4.79 Å². The molecule has 2 aromatic carbocycles. The minimum atomic E-state index is -0.930. The Hall–Kier alpha value is -4.32. The zero-order valence-corrected chi connectivity index (χ0v) is 25.8. The molecular weight excluding hydrogens is 570 g/mol. The van der Waals surface area contributed by atoms with Crippen molar-refractivity contribution in [1.29, 1.82) is 0 Å². The Kier molecular flexibility index (Phi) is 9.80. The van der Waals surface area contributed by atoms with E-state index in [4.69, 9.17) is 4.74 Å². The van der Waals surface area contributed by atoms with Crippen molar-refractivity contribution >= 4 is 40.2 Å². The number of ketones is 1. The number of nitrogens with zero attached hydrogens (tertiary/aromatic N) is 4. The quantitative estimate of drug-likeness (QED) is 0.352. The number of likely N-dealkylation sites (N-methyl/N-ethyl adjacent to an activating group) is 1. The van der Waals surface area contributed by atoms with Gasteiger partial charge in [0, 0.05) is 37.1 Å². The van der Waals surface area contributed by atoms with E-state index in [1.807, 2.05) is 30.3 Å². The maximum atomic E-state index is 14.1. The molecule has 4 rings (SSSR count). The van der Waals surface area contributed by atoms with Crippen molar-refractivity contribution in [2.75, 3.05) is 18.9 Å². The number of rotatable bonds is 9. The molecule has 1 saturated heterocycles. The molecule has 11 nitrogen and oxygen atoms in total. The lowest BCUT2D eigenvalue weighted by atomic mass is 9.90. The zero-order chi connectivity index (χ0) is 31.3. The van der Waals surface area contributed by atoms with E-state index >= 15 is 0 Å². The van der Waals surface area contributed by atoms with Crippen molar-refractivity contribution < 1.29 is 29.0 Å². The molecule has 2 heterocycles. The van der Waals surface area contributed by atoms with Gasteiger partial charge in [0.05, 0.1) is 12.0 Å². The van der Waals surface area contributed by atoms with Crippen LogP contribution in [0, 0.1) is 0 Å². The van der Waals surface area contributed by atoms with Crippen molar-refractivity contribution in [3.05, 3.63) is 60.2 Å². The van der Waals surface area contributed by atoms with E-state index in [1.54, 1.807) is 39.8 Å². The predicted molar refractivity (Wildman–Crippen MR) is 163 cm³/mol. The average molecular weight is 608 g/mol. The number of Topliss-reactive ketones (excluding diaryl/α,β-unsaturated/α-hetero) is 1. The second-order valence-electron chi connectivity index (χ2n) is 11.6. The van der Waals surface area contributed by atoms with Gasteiger partial charge in [0.1, 0.15) is 28.1 Å². The van der Waals surface area contributed by atoms with Crippen LogP contribution in [-0.2, 0) is 19.1 Å². The smallest absolute Gasteiger partial charge is 0.410 e. The molecule has 0 radical (unpaired) electrons. The maximum absolute atomic E-state index is 14.1. The van der Waals surface area contributed by atoms with Crippen molar-refractivity contribution in [3.63, 3.8) is 0 Å². The van der Waals surface area contributed by atoms with E-state index in [0.717, 1.165) is 17.1 Å². The van der Waals surface area contributed by atoms with Crippen LogP contribution in [0.2, 0.25) is 0 Å². The first-order chi connectivity index (χ1) is 20.4. The lowest BCUT2D eigenvalue weighted by molar-refractivity contribution is -0.139. The number of carbonyl (C=O) groups excluding carboxylic acids is 4. The van der Waals surface area contributed by atoms with Gasteiger partial charge in [-0.2, -0.15) is 0 Å². The Bertz CT molecular complexity index is 1450. The first-order valence-electron chi connectivity index (χ1n) is 14.1. The lowest BCUT2D eigenvalue weighted by Gasteiger charge is -2.30. The summed E-state index contributed by atoms with van der Waals surface area (Å²) in [6.45, 7) is 7.15. The van der Waals surface area contributed by atoms with Crippen LogP contribution in [-0.4, -0.2) is 79.5 Å². The zero-order valence-electron chi connectivity index (χ0n) is 24.9. The number of carbonyl (C=O) groups is 4. The molecule has 3 aromatic rings. The Morgan fingerprint density at radius 3 is 2.44 bits per heavy atom. The third-order valence-electron chi connectivity index (χ3n) is 7.34. The summed E-state index contributed by atoms with van der Waals surface area (Å²) < 4.78 is 9.41. The molecule has 12 heteroatoms. The van der Waals surface area contributed by atoms with Crippen molar-refractivity contribution in [1.82, 2.24) is 19.4 Å². The molecule has 228 valence electrons. The van der Waals surface area contributed by atoms with Crippen LogP contribution in [0.5, 0.6) is 5.75 Å². The summed E-state index contributed by atoms with van der Waals surface area (Å²) in [7, 11) is 1.48. The highest BCUT2D eigenvalue weighted by molar-refractivity contribution is 7.10. The van der Waals surface area contributed by atoms with Gasteiger partial charge in [0.15, 0.2) is 5.78 Å². The number of benzene rings is 2. The van der Waals surface area contributed by atoms with Gasteiger partial charge in [0.2, 0.25) is 11.8 Å². The molecule has 1 aliphatic rings. The number of aromatic hydroxyl groups is 1. The number of likely N-dealkylation sites (tertiary alicyclic amines) is 1. The SMILES string of the molecule is C[C@@H](C(=O)C[C@H](C(=O)N1CCC[C@H]1C(=O)Nc1snnc1-c1ccccc1)c1ccc(O)cc1)N(C)C(=O)OC(C)(C)C. The summed E-state index contributed by atoms with van der Waals surface area (Å²) in [6.07, 6.45) is 0.215. The molecule has 1 aromatic heterocycles. The van der Waals surface area contributed by atoms with Gasteiger partial charge >= 0.3 is 6.09 Å². The molecule has 0 unspecified atom stereocenters. The number of amides is 3. The Morgan fingerprint density at radius 2 is 1.79 bits per heavy atom. The van der Waals surface area contributed by atoms with Crippen LogP contribution in [0.3, 0.4) is 0 Å². The summed E-state index contributed by atoms with van der Waals surface area (Å²) in [5.41, 5.74) is 1.14. The topological polar surface area (TPSA) is 142 Å². The highest BCUT2D eigenvalue weighted by atomic mass is 32.1. The molecule has 1 aliphatic heterocycles. The summed E-state index contributed by atoms with van der Waals surface area (Å²) in [4.78, 5) is 56.4. The predicted octanol–water partition coefficient (Wildman–Crippen LogP) is 4.84. The molecule has 0 bridgehead atoms. The van der Waals surface area contributed by atoms with E-state index in [0.29, 0.717) is 35.6 Å². The Balaban J connectivity index is 1.53. The van der Waals surface area contributed by atoms with E-state index in [-0.39, 0.29) is 29.8 Å². The molecule has 0 saturated carbocycles. The number of hydrogen-bond donors (Lipinski definition) is 2. The minimum Gasteiger partial charge on any atom is -0.508 e. The Labute approximate surface area is 255 Å².